The van der Waals surface area contributed by atoms with Crippen molar-refractivity contribution < 1.29 is 23.9 Å². The van der Waals surface area contributed by atoms with Gasteiger partial charge in [-0.2, -0.15) is 5.26 Å². The lowest BCUT2D eigenvalue weighted by molar-refractivity contribution is -0.117. The van der Waals surface area contributed by atoms with Gasteiger partial charge in [-0.15, -0.1) is 0 Å². The molecule has 2 heterocycles. The maximum absolute atomic E-state index is 12.6. The molecule has 1 unspecified atom stereocenters. The molecule has 4 amide bonds. The second kappa shape index (κ2) is 10.6. The van der Waals surface area contributed by atoms with Crippen LogP contribution in [-0.2, 0) is 4.79 Å². The number of nitrogens with one attached hydrogen (secondary N) is 3. The smallest absolute Gasteiger partial charge is 0.417 e. The first-order chi connectivity index (χ1) is 20.0. The van der Waals surface area contributed by atoms with Crippen molar-refractivity contribution in [3.63, 3.8) is 0 Å². The first-order valence-electron chi connectivity index (χ1n) is 12.6. The molecule has 0 bridgehead atoms. The minimum Gasteiger partial charge on any atom is -0.457 e. The van der Waals surface area contributed by atoms with E-state index in [1.807, 2.05) is 6.07 Å². The van der Waals surface area contributed by atoms with Gasteiger partial charge >= 0.3 is 12.1 Å². The summed E-state index contributed by atoms with van der Waals surface area (Å²) >= 11 is 0. The van der Waals surface area contributed by atoms with E-state index in [-0.39, 0.29) is 0 Å². The Kier molecular flexibility index (Phi) is 6.51. The van der Waals surface area contributed by atoms with E-state index in [2.05, 4.69) is 22.0 Å². The summed E-state index contributed by atoms with van der Waals surface area (Å²) in [6.07, 6.45) is 0.355. The van der Waals surface area contributed by atoms with Gasteiger partial charge in [0.05, 0.1) is 22.9 Å². The second-order valence-corrected chi connectivity index (χ2v) is 9.13. The Morgan fingerprint density at radius 3 is 2.29 bits per heavy atom. The van der Waals surface area contributed by atoms with Crippen molar-refractivity contribution >= 4 is 41.2 Å². The predicted molar refractivity (Wildman–Crippen MR) is 151 cm³/mol. The lowest BCUT2D eigenvalue weighted by Gasteiger charge is -2.41. The fraction of sp³-hybridized carbons (Fsp3) is 0.0323. The number of imide groups is 1. The summed E-state index contributed by atoms with van der Waals surface area (Å²) in [5, 5.41) is 17.2. The van der Waals surface area contributed by atoms with E-state index in [1.54, 1.807) is 102 Å². The molecule has 4 aromatic carbocycles. The van der Waals surface area contributed by atoms with Crippen LogP contribution < -0.4 is 30.3 Å². The van der Waals surface area contributed by atoms with Gasteiger partial charge in [0.15, 0.2) is 0 Å². The van der Waals surface area contributed by atoms with Crippen LogP contribution in [0.25, 0.3) is 6.08 Å². The van der Waals surface area contributed by atoms with Gasteiger partial charge in [-0.25, -0.2) is 9.59 Å². The number of hydrogen-bond acceptors (Lipinski definition) is 7. The van der Waals surface area contributed by atoms with Gasteiger partial charge in [0.25, 0.3) is 5.91 Å². The highest BCUT2D eigenvalue weighted by atomic mass is 16.6. The normalized spacial score (nSPS) is 15.2. The number of nitriles is 1. The van der Waals surface area contributed by atoms with Crippen molar-refractivity contribution in [1.29, 1.82) is 5.26 Å². The van der Waals surface area contributed by atoms with Crippen LogP contribution in [0, 0.1) is 11.3 Å². The van der Waals surface area contributed by atoms with Gasteiger partial charge in [0.2, 0.25) is 0 Å². The maximum Gasteiger partial charge on any atom is 0.417 e. The number of amides is 4. The van der Waals surface area contributed by atoms with Gasteiger partial charge < -0.3 is 19.7 Å². The zero-order valence-electron chi connectivity index (χ0n) is 21.3. The molecule has 1 fully saturated rings. The van der Waals surface area contributed by atoms with Gasteiger partial charge in [0.1, 0.15) is 23.4 Å². The minimum absolute atomic E-state index is 0.378. The molecule has 2 aliphatic heterocycles. The molecule has 41 heavy (non-hydrogen) atoms. The third-order valence-electron chi connectivity index (χ3n) is 6.44. The van der Waals surface area contributed by atoms with E-state index in [0.29, 0.717) is 45.4 Å². The Hall–Kier alpha value is -6.08. The van der Waals surface area contributed by atoms with Crippen LogP contribution in [0.3, 0.4) is 0 Å². The molecule has 200 valence electrons. The Morgan fingerprint density at radius 1 is 0.878 bits per heavy atom. The highest BCUT2D eigenvalue weighted by Crippen LogP contribution is 2.39. The highest BCUT2D eigenvalue weighted by molar-refractivity contribution is 6.12. The molecule has 6 rings (SSSR count). The number of rotatable bonds is 5. The average Bonchev–Trinajstić information content (AvgIpc) is 2.98. The predicted octanol–water partition coefficient (Wildman–Crippen LogP) is 5.66. The zero-order chi connectivity index (χ0) is 28.3. The number of benzene rings is 4. The van der Waals surface area contributed by atoms with Gasteiger partial charge in [-0.3, -0.25) is 15.4 Å². The number of para-hydroxylation sites is 1. The molecule has 0 saturated carbocycles. The summed E-state index contributed by atoms with van der Waals surface area (Å²) in [5.41, 5.74) is 3.46. The molecule has 1 atom stereocenters. The molecule has 0 radical (unpaired) electrons. The number of carbonyl (C=O) groups excluding carboxylic acids is 3. The first kappa shape index (κ1) is 25.2. The van der Waals surface area contributed by atoms with E-state index < -0.39 is 24.2 Å². The number of anilines is 3. The number of fused-ring (bicyclic) bond motifs is 2. The Bertz CT molecular complexity index is 1730. The third-order valence-corrected chi connectivity index (χ3v) is 6.44. The number of urea groups is 1. The van der Waals surface area contributed by atoms with Crippen LogP contribution in [0.1, 0.15) is 11.1 Å². The van der Waals surface area contributed by atoms with Crippen molar-refractivity contribution in [3.05, 3.63) is 114 Å². The van der Waals surface area contributed by atoms with Crippen LogP contribution >= 0.6 is 0 Å². The summed E-state index contributed by atoms with van der Waals surface area (Å²) in [6.45, 7) is 0. The van der Waals surface area contributed by atoms with Crippen molar-refractivity contribution in [2.45, 2.75) is 6.17 Å². The van der Waals surface area contributed by atoms with E-state index in [9.17, 15) is 19.6 Å². The van der Waals surface area contributed by atoms with Crippen LogP contribution in [0.15, 0.2) is 103 Å². The number of carbonyl (C=O) groups is 3. The van der Waals surface area contributed by atoms with Gasteiger partial charge in [-0.1, -0.05) is 24.3 Å². The number of nitrogens with zero attached hydrogens (tertiary/aromatic N) is 2. The highest BCUT2D eigenvalue weighted by Gasteiger charge is 2.38. The van der Waals surface area contributed by atoms with Crippen LogP contribution in [-0.4, -0.2) is 24.2 Å². The fourth-order valence-corrected chi connectivity index (χ4v) is 4.58. The lowest BCUT2D eigenvalue weighted by Crippen LogP contribution is -2.60. The van der Waals surface area contributed by atoms with E-state index in [1.165, 1.54) is 0 Å². The summed E-state index contributed by atoms with van der Waals surface area (Å²) in [4.78, 5) is 38.7. The quantitative estimate of drug-likeness (QED) is 0.296. The molecule has 10 heteroatoms. The Morgan fingerprint density at radius 2 is 1.59 bits per heavy atom. The largest absolute Gasteiger partial charge is 0.457 e. The van der Waals surface area contributed by atoms with Gasteiger partial charge in [-0.05, 0) is 84.4 Å². The third kappa shape index (κ3) is 5.28. The van der Waals surface area contributed by atoms with Gasteiger partial charge in [0, 0.05) is 11.4 Å². The molecule has 1 saturated heterocycles. The van der Waals surface area contributed by atoms with E-state index >= 15 is 0 Å². The molecular weight excluding hydrogens is 522 g/mol. The van der Waals surface area contributed by atoms with Crippen molar-refractivity contribution in [1.82, 2.24) is 10.6 Å². The van der Waals surface area contributed by atoms with Crippen molar-refractivity contribution in [3.8, 4) is 23.3 Å². The lowest BCUT2D eigenvalue weighted by atomic mass is 9.96. The van der Waals surface area contributed by atoms with E-state index in [4.69, 9.17) is 9.47 Å². The molecule has 10 nitrogen and oxygen atoms in total. The van der Waals surface area contributed by atoms with Crippen LogP contribution in [0.2, 0.25) is 0 Å². The maximum atomic E-state index is 12.6. The minimum atomic E-state index is -0.752. The molecule has 3 N–H and O–H groups in total. The summed E-state index contributed by atoms with van der Waals surface area (Å²) in [6, 6.07) is 29.4. The molecule has 0 aliphatic carbocycles. The summed E-state index contributed by atoms with van der Waals surface area (Å²) in [5.74, 6) is 1.04. The van der Waals surface area contributed by atoms with Crippen molar-refractivity contribution in [2.24, 2.45) is 0 Å². The molecule has 4 aromatic rings. The Balaban J connectivity index is 1.19. The van der Waals surface area contributed by atoms with E-state index in [0.717, 1.165) is 5.56 Å². The topological polar surface area (TPSA) is 133 Å². The standard InChI is InChI=1S/C31H21N5O5/c32-18-19-6-7-20-17-26-28(34-30(38)35-29(26)37)36(27(20)16-19)22-10-14-25(15-11-22)40-24-12-8-21(9-13-24)33-31(39)41-23-4-2-1-3-5-23/h1-17,28H,(H,33,39)(H2,34,35,37,38). The zero-order valence-corrected chi connectivity index (χ0v) is 21.3. The molecular formula is C31H21N5O5. The number of hydrogen-bond donors (Lipinski definition) is 3. The molecule has 2 aliphatic rings. The average molecular weight is 544 g/mol. The van der Waals surface area contributed by atoms with Crippen LogP contribution in [0.4, 0.5) is 26.7 Å². The van der Waals surface area contributed by atoms with Crippen LogP contribution in [0.5, 0.6) is 17.2 Å². The molecule has 0 spiro atoms. The summed E-state index contributed by atoms with van der Waals surface area (Å²) in [7, 11) is 0. The second-order valence-electron chi connectivity index (χ2n) is 9.13. The monoisotopic (exact) mass is 543 g/mol. The first-order valence-corrected chi connectivity index (χ1v) is 12.6. The molecule has 0 aromatic heterocycles. The number of ether oxygens (including phenoxy) is 2. The SMILES string of the molecule is N#Cc1ccc2c(c1)N(c1ccc(Oc3ccc(NC(=O)Oc4ccccc4)cc3)cc1)C1NC(=O)NC(=O)C1=C2. The Labute approximate surface area is 234 Å². The van der Waals surface area contributed by atoms with Crippen molar-refractivity contribution in [2.75, 3.05) is 10.2 Å². The fourth-order valence-electron chi connectivity index (χ4n) is 4.58. The summed E-state index contributed by atoms with van der Waals surface area (Å²) < 4.78 is 11.2.